The Morgan fingerprint density at radius 2 is 1.67 bits per heavy atom. The molecule has 0 atom stereocenters. The van der Waals surface area contributed by atoms with E-state index >= 15 is 0 Å². The van der Waals surface area contributed by atoms with Crippen molar-refractivity contribution >= 4 is 0 Å². The van der Waals surface area contributed by atoms with Crippen LogP contribution in [0.25, 0.3) is 33.9 Å². The number of nitrogens with zero attached hydrogens (tertiary/aromatic N) is 3. The fraction of sp³-hybridized carbons (Fsp3) is 0.133. The fourth-order valence-corrected chi connectivity index (χ4v) is 4.14. The first-order valence-electron chi connectivity index (χ1n) is 11.8. The molecular weight excluding hydrogens is 513 g/mol. The van der Waals surface area contributed by atoms with Crippen LogP contribution in [0, 0.1) is 23.5 Å². The molecule has 0 saturated carbocycles. The van der Waals surface area contributed by atoms with E-state index in [1.807, 2.05) is 4.57 Å². The molecule has 196 valence electrons. The van der Waals surface area contributed by atoms with E-state index < -0.39 is 23.4 Å². The van der Waals surface area contributed by atoms with Gasteiger partial charge < -0.3 is 9.30 Å². The zero-order chi connectivity index (χ0) is 27.6. The number of benzene rings is 3. The van der Waals surface area contributed by atoms with E-state index in [0.717, 1.165) is 17.7 Å². The van der Waals surface area contributed by atoms with Crippen LogP contribution in [0.2, 0.25) is 0 Å². The molecule has 0 saturated heterocycles. The van der Waals surface area contributed by atoms with E-state index in [4.69, 9.17) is 4.74 Å². The van der Waals surface area contributed by atoms with Gasteiger partial charge in [-0.2, -0.15) is 13.2 Å². The Morgan fingerprint density at radius 1 is 0.897 bits per heavy atom. The number of rotatable bonds is 6. The van der Waals surface area contributed by atoms with Crippen molar-refractivity contribution in [2.45, 2.75) is 19.6 Å². The largest absolute Gasteiger partial charge is 0.481 e. The quantitative estimate of drug-likeness (QED) is 0.168. The van der Waals surface area contributed by atoms with Gasteiger partial charge in [-0.05, 0) is 53.9 Å². The summed E-state index contributed by atoms with van der Waals surface area (Å²) in [7, 11) is 0. The molecule has 39 heavy (non-hydrogen) atoms. The van der Waals surface area contributed by atoms with Crippen LogP contribution < -0.4 is 4.74 Å². The van der Waals surface area contributed by atoms with Crippen LogP contribution in [0.5, 0.6) is 5.75 Å². The molecule has 4 nitrogen and oxygen atoms in total. The van der Waals surface area contributed by atoms with E-state index in [0.29, 0.717) is 23.5 Å². The summed E-state index contributed by atoms with van der Waals surface area (Å²) in [5.41, 5.74) is 1.49. The standard InChI is InChI=1S/C30H20F5N3O/c1-2-3-15-39-21-11-12-22(24(16-21)30(33,34)35)20-9-7-19(8-10-20)17-38-14-13-26-27(18-38)37-29(36-26)23-5-4-6-25(31)28(23)32/h4-14,16,18H,15,17H2,1H3. The summed E-state index contributed by atoms with van der Waals surface area (Å²) in [6.07, 6.45) is -1.08. The van der Waals surface area contributed by atoms with Crippen molar-refractivity contribution in [3.8, 4) is 51.5 Å². The molecular formula is C30H20F5N3O. The van der Waals surface area contributed by atoms with Crippen LogP contribution in [0.4, 0.5) is 22.0 Å². The molecule has 0 aliphatic carbocycles. The number of alkyl halides is 3. The summed E-state index contributed by atoms with van der Waals surface area (Å²) in [5, 5.41) is 0. The number of imidazole rings is 1. The highest BCUT2D eigenvalue weighted by Gasteiger charge is 2.34. The predicted molar refractivity (Wildman–Crippen MR) is 137 cm³/mol. The van der Waals surface area contributed by atoms with Crippen molar-refractivity contribution in [1.82, 2.24) is 14.5 Å². The zero-order valence-corrected chi connectivity index (χ0v) is 20.6. The Hall–Kier alpha value is -4.71. The summed E-state index contributed by atoms with van der Waals surface area (Å²) in [4.78, 5) is 8.64. The van der Waals surface area contributed by atoms with E-state index in [1.54, 1.807) is 49.6 Å². The maximum Gasteiger partial charge on any atom is 0.417 e. The molecule has 5 rings (SSSR count). The molecule has 3 aromatic carbocycles. The first-order chi connectivity index (χ1) is 18.7. The Balaban J connectivity index is 1.38. The topological polar surface area (TPSA) is 39.9 Å². The number of aromatic nitrogens is 3. The van der Waals surface area contributed by atoms with Crippen LogP contribution in [0.3, 0.4) is 0 Å². The Labute approximate surface area is 221 Å². The van der Waals surface area contributed by atoms with Crippen LogP contribution in [-0.4, -0.2) is 21.1 Å². The van der Waals surface area contributed by atoms with E-state index in [9.17, 15) is 22.0 Å². The van der Waals surface area contributed by atoms with Gasteiger partial charge in [0, 0.05) is 18.9 Å². The molecule has 2 heterocycles. The molecule has 2 aliphatic heterocycles. The third-order valence-electron chi connectivity index (χ3n) is 6.03. The van der Waals surface area contributed by atoms with Gasteiger partial charge in [-0.3, -0.25) is 0 Å². The first kappa shape index (κ1) is 25.9. The molecule has 0 N–H and O–H groups in total. The second-order valence-electron chi connectivity index (χ2n) is 8.65. The SMILES string of the molecule is CC#CCOc1ccc(-c2ccc(Cn3ccc4nc(-c5cccc(F)c5F)nc-4c3)cc2)c(C(F)(F)F)c1. The normalized spacial score (nSPS) is 11.3. The molecule has 0 unspecified atom stereocenters. The highest BCUT2D eigenvalue weighted by Crippen LogP contribution is 2.39. The third-order valence-corrected chi connectivity index (χ3v) is 6.03. The number of hydrogen-bond acceptors (Lipinski definition) is 3. The predicted octanol–water partition coefficient (Wildman–Crippen LogP) is 7.46. The minimum absolute atomic E-state index is 0.00458. The molecule has 0 radical (unpaired) electrons. The fourth-order valence-electron chi connectivity index (χ4n) is 4.14. The van der Waals surface area contributed by atoms with Crippen molar-refractivity contribution < 1.29 is 26.7 Å². The van der Waals surface area contributed by atoms with Crippen molar-refractivity contribution in [2.24, 2.45) is 0 Å². The Morgan fingerprint density at radius 3 is 2.41 bits per heavy atom. The Bertz CT molecular complexity index is 1660. The van der Waals surface area contributed by atoms with Gasteiger partial charge in [0.15, 0.2) is 17.5 Å². The van der Waals surface area contributed by atoms with Gasteiger partial charge in [0.05, 0.1) is 16.8 Å². The van der Waals surface area contributed by atoms with Crippen LogP contribution in [0.15, 0.2) is 79.1 Å². The number of ether oxygens (including phenoxy) is 1. The van der Waals surface area contributed by atoms with Crippen LogP contribution >= 0.6 is 0 Å². The summed E-state index contributed by atoms with van der Waals surface area (Å²) in [6, 6.07) is 16.2. The summed E-state index contributed by atoms with van der Waals surface area (Å²) < 4.78 is 76.4. The number of fused-ring (bicyclic) bond motifs is 1. The number of pyridine rings is 1. The van der Waals surface area contributed by atoms with E-state index in [-0.39, 0.29) is 29.3 Å². The summed E-state index contributed by atoms with van der Waals surface area (Å²) in [6.45, 7) is 2.03. The lowest BCUT2D eigenvalue weighted by Crippen LogP contribution is -2.08. The molecule has 0 spiro atoms. The molecule has 2 aliphatic rings. The van der Waals surface area contributed by atoms with Gasteiger partial charge in [0.2, 0.25) is 0 Å². The lowest BCUT2D eigenvalue weighted by molar-refractivity contribution is -0.137. The summed E-state index contributed by atoms with van der Waals surface area (Å²) >= 11 is 0. The minimum atomic E-state index is -4.57. The molecule has 3 aromatic rings. The molecule has 0 amide bonds. The maximum atomic E-state index is 14.2. The average molecular weight is 534 g/mol. The van der Waals surface area contributed by atoms with E-state index in [1.165, 1.54) is 24.3 Å². The van der Waals surface area contributed by atoms with Crippen LogP contribution in [-0.2, 0) is 12.7 Å². The molecule has 0 aromatic heterocycles. The van der Waals surface area contributed by atoms with Crippen molar-refractivity contribution in [3.63, 3.8) is 0 Å². The zero-order valence-electron chi connectivity index (χ0n) is 20.6. The summed E-state index contributed by atoms with van der Waals surface area (Å²) in [5.74, 6) is 3.48. The average Bonchev–Trinajstić information content (AvgIpc) is 3.33. The third kappa shape index (κ3) is 5.60. The van der Waals surface area contributed by atoms with Crippen molar-refractivity contribution in [1.29, 1.82) is 0 Å². The van der Waals surface area contributed by atoms with E-state index in [2.05, 4.69) is 21.8 Å². The van der Waals surface area contributed by atoms with Gasteiger partial charge in [-0.15, -0.1) is 5.92 Å². The maximum absolute atomic E-state index is 14.2. The van der Waals surface area contributed by atoms with Crippen molar-refractivity contribution in [2.75, 3.05) is 6.61 Å². The minimum Gasteiger partial charge on any atom is -0.481 e. The molecule has 9 heteroatoms. The highest BCUT2D eigenvalue weighted by atomic mass is 19.4. The lowest BCUT2D eigenvalue weighted by atomic mass is 9.98. The number of halogens is 5. The molecule has 0 bridgehead atoms. The highest BCUT2D eigenvalue weighted by molar-refractivity contribution is 5.70. The van der Waals surface area contributed by atoms with Gasteiger partial charge in [-0.25, -0.2) is 18.7 Å². The Kier molecular flexibility index (Phi) is 7.03. The van der Waals surface area contributed by atoms with Gasteiger partial charge >= 0.3 is 6.18 Å². The smallest absolute Gasteiger partial charge is 0.417 e. The number of hydrogen-bond donors (Lipinski definition) is 0. The van der Waals surface area contributed by atoms with Gasteiger partial charge in [-0.1, -0.05) is 42.3 Å². The first-order valence-corrected chi connectivity index (χ1v) is 11.8. The van der Waals surface area contributed by atoms with Crippen LogP contribution in [0.1, 0.15) is 18.1 Å². The second-order valence-corrected chi connectivity index (χ2v) is 8.65. The second kappa shape index (κ2) is 10.6. The van der Waals surface area contributed by atoms with Crippen molar-refractivity contribution in [3.05, 3.63) is 102 Å². The lowest BCUT2D eigenvalue weighted by Gasteiger charge is -2.15. The van der Waals surface area contributed by atoms with Gasteiger partial charge in [0.1, 0.15) is 18.1 Å². The van der Waals surface area contributed by atoms with Gasteiger partial charge in [0.25, 0.3) is 0 Å². The monoisotopic (exact) mass is 533 g/mol. The molecule has 0 fully saturated rings.